The predicted octanol–water partition coefficient (Wildman–Crippen LogP) is 5.21. The molecule has 2 aromatic carbocycles. The third-order valence-electron chi connectivity index (χ3n) is 5.32. The highest BCUT2D eigenvalue weighted by atomic mass is 32.1. The first-order chi connectivity index (χ1) is 13.5. The molecule has 6 heteroatoms. The second-order valence-electron chi connectivity index (χ2n) is 7.72. The molecule has 0 spiro atoms. The Morgan fingerprint density at radius 3 is 2.61 bits per heavy atom. The molecule has 1 aliphatic heterocycles. The highest BCUT2D eigenvalue weighted by Crippen LogP contribution is 2.26. The molecule has 2 heterocycles. The summed E-state index contributed by atoms with van der Waals surface area (Å²) < 4.78 is 18.9. The van der Waals surface area contributed by atoms with Gasteiger partial charge in [-0.3, -0.25) is 9.47 Å². The van der Waals surface area contributed by atoms with Crippen LogP contribution >= 0.6 is 12.2 Å². The van der Waals surface area contributed by atoms with Crippen LogP contribution in [0, 0.1) is 23.4 Å². The normalized spacial score (nSPS) is 17.8. The van der Waals surface area contributed by atoms with E-state index in [1.807, 2.05) is 46.5 Å². The largest absolute Gasteiger partial charge is 0.284 e. The Kier molecular flexibility index (Phi) is 5.42. The third-order valence-corrected chi connectivity index (χ3v) is 5.71. The minimum atomic E-state index is -0.297. The van der Waals surface area contributed by atoms with Gasteiger partial charge in [-0.2, -0.15) is 0 Å². The van der Waals surface area contributed by atoms with Gasteiger partial charge in [0.05, 0.1) is 12.2 Å². The SMILES string of the molecule is Cc1ccc(-n2c(-c3ccccc3F)nn(CN3CCC[C@@H](C)C3)c2=S)cc1. The summed E-state index contributed by atoms with van der Waals surface area (Å²) in [5, 5.41) is 4.75. The van der Waals surface area contributed by atoms with Crippen LogP contribution in [0.3, 0.4) is 0 Å². The number of rotatable bonds is 4. The van der Waals surface area contributed by atoms with Crippen molar-refractivity contribution in [2.24, 2.45) is 5.92 Å². The molecule has 1 aromatic heterocycles. The van der Waals surface area contributed by atoms with E-state index in [9.17, 15) is 4.39 Å². The number of hydrogen-bond donors (Lipinski definition) is 0. The summed E-state index contributed by atoms with van der Waals surface area (Å²) >= 11 is 5.78. The Bertz CT molecular complexity index is 1020. The van der Waals surface area contributed by atoms with E-state index in [1.165, 1.54) is 18.9 Å². The Morgan fingerprint density at radius 2 is 1.89 bits per heavy atom. The van der Waals surface area contributed by atoms with E-state index < -0.39 is 0 Å². The molecule has 28 heavy (non-hydrogen) atoms. The number of piperidine rings is 1. The van der Waals surface area contributed by atoms with Gasteiger partial charge < -0.3 is 0 Å². The summed E-state index contributed by atoms with van der Waals surface area (Å²) in [5.74, 6) is 0.916. The van der Waals surface area contributed by atoms with Gasteiger partial charge in [0, 0.05) is 12.2 Å². The molecule has 0 bridgehead atoms. The molecule has 1 atom stereocenters. The molecule has 0 amide bonds. The lowest BCUT2D eigenvalue weighted by Crippen LogP contribution is -2.36. The Balaban J connectivity index is 1.81. The van der Waals surface area contributed by atoms with Crippen molar-refractivity contribution in [3.8, 4) is 17.1 Å². The van der Waals surface area contributed by atoms with E-state index in [4.69, 9.17) is 17.3 Å². The highest BCUT2D eigenvalue weighted by Gasteiger charge is 2.21. The van der Waals surface area contributed by atoms with E-state index in [2.05, 4.69) is 11.8 Å². The summed E-state index contributed by atoms with van der Waals surface area (Å²) in [4.78, 5) is 2.38. The van der Waals surface area contributed by atoms with Crippen LogP contribution in [0.25, 0.3) is 17.1 Å². The molecule has 1 saturated heterocycles. The number of benzene rings is 2. The standard InChI is InChI=1S/C22H25FN4S/c1-16-9-11-18(12-10-16)27-21(19-7-3-4-8-20(19)23)24-26(22(27)28)15-25-13-5-6-17(2)14-25/h3-4,7-12,17H,5-6,13-15H2,1-2H3/t17-/m1/s1. The van der Waals surface area contributed by atoms with Crippen LogP contribution in [0.4, 0.5) is 4.39 Å². The molecule has 4 nitrogen and oxygen atoms in total. The number of aryl methyl sites for hydroxylation is 1. The number of halogens is 1. The second-order valence-corrected chi connectivity index (χ2v) is 8.09. The first-order valence-electron chi connectivity index (χ1n) is 9.77. The molecule has 0 unspecified atom stereocenters. The van der Waals surface area contributed by atoms with Gasteiger partial charge in [0.15, 0.2) is 5.82 Å². The lowest BCUT2D eigenvalue weighted by molar-refractivity contribution is 0.138. The maximum absolute atomic E-state index is 14.6. The zero-order valence-corrected chi connectivity index (χ0v) is 17.1. The summed E-state index contributed by atoms with van der Waals surface area (Å²) in [6.07, 6.45) is 2.45. The molecule has 0 saturated carbocycles. The fraction of sp³-hybridized carbons (Fsp3) is 0.364. The van der Waals surface area contributed by atoms with Crippen molar-refractivity contribution in [3.05, 3.63) is 64.7 Å². The van der Waals surface area contributed by atoms with Crippen molar-refractivity contribution >= 4 is 12.2 Å². The van der Waals surface area contributed by atoms with Gasteiger partial charge in [0.2, 0.25) is 4.77 Å². The summed E-state index contributed by atoms with van der Waals surface area (Å²) in [6.45, 7) is 7.03. The quantitative estimate of drug-likeness (QED) is 0.567. The molecule has 1 aliphatic rings. The summed E-state index contributed by atoms with van der Waals surface area (Å²) in [7, 11) is 0. The van der Waals surface area contributed by atoms with Crippen LogP contribution in [0.1, 0.15) is 25.3 Å². The average molecular weight is 397 g/mol. The molecule has 0 aliphatic carbocycles. The van der Waals surface area contributed by atoms with Gasteiger partial charge in [0.25, 0.3) is 0 Å². The van der Waals surface area contributed by atoms with E-state index in [-0.39, 0.29) is 5.82 Å². The van der Waals surface area contributed by atoms with Gasteiger partial charge >= 0.3 is 0 Å². The van der Waals surface area contributed by atoms with Crippen LogP contribution in [0.2, 0.25) is 0 Å². The molecular weight excluding hydrogens is 371 g/mol. The first-order valence-corrected chi connectivity index (χ1v) is 10.2. The highest BCUT2D eigenvalue weighted by molar-refractivity contribution is 7.71. The van der Waals surface area contributed by atoms with Crippen LogP contribution in [-0.4, -0.2) is 32.3 Å². The summed E-state index contributed by atoms with van der Waals surface area (Å²) in [6, 6.07) is 14.8. The zero-order valence-electron chi connectivity index (χ0n) is 16.3. The van der Waals surface area contributed by atoms with Gasteiger partial charge in [-0.15, -0.1) is 5.10 Å². The Labute approximate surface area is 170 Å². The fourth-order valence-corrected chi connectivity index (χ4v) is 4.14. The molecule has 146 valence electrons. The Hall–Kier alpha value is -2.31. The van der Waals surface area contributed by atoms with Crippen LogP contribution in [-0.2, 0) is 6.67 Å². The van der Waals surface area contributed by atoms with Crippen LogP contribution in [0.5, 0.6) is 0 Å². The molecule has 3 aromatic rings. The van der Waals surface area contributed by atoms with Gasteiger partial charge in [-0.25, -0.2) is 9.07 Å². The molecular formula is C22H25FN4S. The number of likely N-dealkylation sites (tertiary alicyclic amines) is 1. The van der Waals surface area contributed by atoms with Gasteiger partial charge in [0.1, 0.15) is 5.82 Å². The Morgan fingerprint density at radius 1 is 1.14 bits per heavy atom. The second kappa shape index (κ2) is 7.97. The van der Waals surface area contributed by atoms with E-state index in [0.29, 0.717) is 28.7 Å². The maximum Gasteiger partial charge on any atom is 0.204 e. The van der Waals surface area contributed by atoms with Gasteiger partial charge in [-0.05, 0) is 68.7 Å². The van der Waals surface area contributed by atoms with Crippen molar-refractivity contribution < 1.29 is 4.39 Å². The lowest BCUT2D eigenvalue weighted by atomic mass is 10.0. The third kappa shape index (κ3) is 3.80. The lowest BCUT2D eigenvalue weighted by Gasteiger charge is -2.30. The van der Waals surface area contributed by atoms with Crippen molar-refractivity contribution in [1.82, 2.24) is 19.2 Å². The number of hydrogen-bond acceptors (Lipinski definition) is 3. The van der Waals surface area contributed by atoms with Crippen LogP contribution < -0.4 is 0 Å². The van der Waals surface area contributed by atoms with Crippen molar-refractivity contribution in [2.75, 3.05) is 13.1 Å². The molecule has 0 radical (unpaired) electrons. The van der Waals surface area contributed by atoms with Gasteiger partial charge in [-0.1, -0.05) is 36.8 Å². The topological polar surface area (TPSA) is 26.0 Å². The van der Waals surface area contributed by atoms with E-state index in [1.54, 1.807) is 12.1 Å². The van der Waals surface area contributed by atoms with E-state index >= 15 is 0 Å². The molecule has 1 fully saturated rings. The van der Waals surface area contributed by atoms with Crippen molar-refractivity contribution in [1.29, 1.82) is 0 Å². The van der Waals surface area contributed by atoms with Crippen molar-refractivity contribution in [3.63, 3.8) is 0 Å². The zero-order chi connectivity index (χ0) is 19.7. The maximum atomic E-state index is 14.6. The number of nitrogens with zero attached hydrogens (tertiary/aromatic N) is 4. The fourth-order valence-electron chi connectivity index (χ4n) is 3.85. The molecule has 0 N–H and O–H groups in total. The average Bonchev–Trinajstić information content (AvgIpc) is 2.99. The monoisotopic (exact) mass is 396 g/mol. The summed E-state index contributed by atoms with van der Waals surface area (Å²) in [5.41, 5.74) is 2.52. The van der Waals surface area contributed by atoms with Crippen molar-refractivity contribution in [2.45, 2.75) is 33.4 Å². The molecule has 4 rings (SSSR count). The van der Waals surface area contributed by atoms with Crippen LogP contribution in [0.15, 0.2) is 48.5 Å². The minimum absolute atomic E-state index is 0.297. The minimum Gasteiger partial charge on any atom is -0.284 e. The number of aromatic nitrogens is 3. The predicted molar refractivity (Wildman–Crippen MR) is 112 cm³/mol. The van der Waals surface area contributed by atoms with E-state index in [0.717, 1.165) is 24.3 Å². The smallest absolute Gasteiger partial charge is 0.204 e. The first kappa shape index (κ1) is 19.0.